The van der Waals surface area contributed by atoms with Crippen LogP contribution in [0.3, 0.4) is 0 Å². The van der Waals surface area contributed by atoms with E-state index in [1.165, 1.54) is 0 Å². The van der Waals surface area contributed by atoms with Gasteiger partial charge in [0.15, 0.2) is 0 Å². The zero-order chi connectivity index (χ0) is 14.4. The Balaban J connectivity index is 1.75. The molecule has 0 aliphatic rings. The van der Waals surface area contributed by atoms with Gasteiger partial charge in [-0.3, -0.25) is 0 Å². The van der Waals surface area contributed by atoms with Gasteiger partial charge in [0.1, 0.15) is 17.4 Å². The molecule has 0 aliphatic heterocycles. The van der Waals surface area contributed by atoms with Gasteiger partial charge in [0.05, 0.1) is 6.10 Å². The minimum Gasteiger partial charge on any atom is -0.508 e. The van der Waals surface area contributed by atoms with Crippen LogP contribution >= 0.6 is 0 Å². The first kappa shape index (κ1) is 14.0. The van der Waals surface area contributed by atoms with Crippen molar-refractivity contribution in [1.82, 2.24) is 4.98 Å². The maximum Gasteiger partial charge on any atom is 0.128 e. The average molecular weight is 274 g/mol. The van der Waals surface area contributed by atoms with Crippen LogP contribution in [0, 0.1) is 0 Å². The van der Waals surface area contributed by atoms with E-state index in [4.69, 9.17) is 10.8 Å². The summed E-state index contributed by atoms with van der Waals surface area (Å²) in [5, 5.41) is 25.1. The maximum absolute atomic E-state index is 9.86. The largest absolute Gasteiger partial charge is 0.508 e. The van der Waals surface area contributed by atoms with E-state index in [9.17, 15) is 5.11 Å². The number of nitrogens with zero attached hydrogens (tertiary/aromatic N) is 1. The van der Waals surface area contributed by atoms with Crippen molar-refractivity contribution in [2.24, 2.45) is 0 Å². The number of aromatic nitrogens is 1. The molecule has 6 heteroatoms. The second kappa shape index (κ2) is 6.63. The summed E-state index contributed by atoms with van der Waals surface area (Å²) < 4.78 is 0. The van der Waals surface area contributed by atoms with Crippen LogP contribution in [0.25, 0.3) is 0 Å². The lowest BCUT2D eigenvalue weighted by molar-refractivity contribution is 0.200. The number of pyridine rings is 1. The molecule has 0 spiro atoms. The number of hydrogen-bond donors (Lipinski definition) is 5. The van der Waals surface area contributed by atoms with Crippen LogP contribution in [0.15, 0.2) is 42.5 Å². The first-order chi connectivity index (χ1) is 9.63. The Morgan fingerprint density at radius 3 is 2.45 bits per heavy atom. The Morgan fingerprint density at radius 2 is 1.75 bits per heavy atom. The molecule has 2 rings (SSSR count). The fourth-order valence-electron chi connectivity index (χ4n) is 1.66. The minimum absolute atomic E-state index is 0.213. The highest BCUT2D eigenvalue weighted by Gasteiger charge is 2.04. The van der Waals surface area contributed by atoms with E-state index >= 15 is 0 Å². The van der Waals surface area contributed by atoms with Crippen molar-refractivity contribution in [2.45, 2.75) is 6.10 Å². The molecule has 0 saturated heterocycles. The van der Waals surface area contributed by atoms with Gasteiger partial charge < -0.3 is 26.6 Å². The number of phenolic OH excluding ortho intramolecular Hbond substituents is 1. The monoisotopic (exact) mass is 274 g/mol. The summed E-state index contributed by atoms with van der Waals surface area (Å²) in [5.41, 5.74) is 6.40. The number of hydrogen-bond acceptors (Lipinski definition) is 6. The smallest absolute Gasteiger partial charge is 0.128 e. The van der Waals surface area contributed by atoms with E-state index in [1.54, 1.807) is 42.5 Å². The number of aliphatic hydroxyl groups excluding tert-OH is 1. The van der Waals surface area contributed by atoms with Gasteiger partial charge in [0, 0.05) is 18.8 Å². The molecule has 1 heterocycles. The number of phenols is 1. The molecular weight excluding hydrogens is 256 g/mol. The highest BCUT2D eigenvalue weighted by atomic mass is 16.3. The standard InChI is InChI=1S/C14H18N4O2/c15-13-2-1-3-14(18-13)17-9-12(20)8-16-10-4-6-11(19)7-5-10/h1-7,12,16,19-20H,8-9H2,(H3,15,17,18). The molecule has 6 nitrogen and oxygen atoms in total. The Bertz CT molecular complexity index is 545. The second-order valence-corrected chi connectivity index (χ2v) is 4.41. The fraction of sp³-hybridized carbons (Fsp3) is 0.214. The highest BCUT2D eigenvalue weighted by molar-refractivity contribution is 5.46. The lowest BCUT2D eigenvalue weighted by atomic mass is 10.3. The second-order valence-electron chi connectivity index (χ2n) is 4.41. The van der Waals surface area contributed by atoms with Gasteiger partial charge in [0.25, 0.3) is 0 Å². The molecule has 1 aromatic carbocycles. The molecule has 0 fully saturated rings. The van der Waals surface area contributed by atoms with Crippen LogP contribution in [0.2, 0.25) is 0 Å². The first-order valence-corrected chi connectivity index (χ1v) is 6.31. The number of nitrogens with two attached hydrogens (primary N) is 1. The van der Waals surface area contributed by atoms with Gasteiger partial charge >= 0.3 is 0 Å². The van der Waals surface area contributed by atoms with Crippen molar-refractivity contribution in [2.75, 3.05) is 29.5 Å². The summed E-state index contributed by atoms with van der Waals surface area (Å²) in [6.45, 7) is 0.752. The highest BCUT2D eigenvalue weighted by Crippen LogP contribution is 2.13. The number of aliphatic hydroxyl groups is 1. The Labute approximate surface area is 117 Å². The normalized spacial score (nSPS) is 11.8. The van der Waals surface area contributed by atoms with E-state index in [0.717, 1.165) is 5.69 Å². The van der Waals surface area contributed by atoms with Crippen molar-refractivity contribution in [3.63, 3.8) is 0 Å². The van der Waals surface area contributed by atoms with Crippen molar-refractivity contribution < 1.29 is 10.2 Å². The Hall–Kier alpha value is -2.47. The first-order valence-electron chi connectivity index (χ1n) is 6.31. The van der Waals surface area contributed by atoms with Gasteiger partial charge in [-0.05, 0) is 36.4 Å². The van der Waals surface area contributed by atoms with Crippen molar-refractivity contribution in [3.05, 3.63) is 42.5 Å². The molecule has 0 aliphatic carbocycles. The third kappa shape index (κ3) is 4.33. The van der Waals surface area contributed by atoms with Gasteiger partial charge in [-0.15, -0.1) is 0 Å². The summed E-state index contributed by atoms with van der Waals surface area (Å²) in [7, 11) is 0. The van der Waals surface area contributed by atoms with Crippen molar-refractivity contribution in [3.8, 4) is 5.75 Å². The Kier molecular flexibility index (Phi) is 4.62. The van der Waals surface area contributed by atoms with E-state index in [1.807, 2.05) is 0 Å². The van der Waals surface area contributed by atoms with E-state index in [0.29, 0.717) is 24.7 Å². The number of aromatic hydroxyl groups is 1. The summed E-state index contributed by atoms with van der Waals surface area (Å²) in [4.78, 5) is 4.08. The number of anilines is 3. The van der Waals surface area contributed by atoms with Crippen LogP contribution in [0.4, 0.5) is 17.3 Å². The molecule has 6 N–H and O–H groups in total. The summed E-state index contributed by atoms with van der Waals surface area (Å²) in [6.07, 6.45) is -0.577. The maximum atomic E-state index is 9.86. The van der Waals surface area contributed by atoms with Crippen LogP contribution < -0.4 is 16.4 Å². The summed E-state index contributed by atoms with van der Waals surface area (Å²) in [5.74, 6) is 1.28. The number of nitrogen functional groups attached to an aromatic ring is 1. The fourth-order valence-corrected chi connectivity index (χ4v) is 1.66. The van der Waals surface area contributed by atoms with Crippen molar-refractivity contribution >= 4 is 17.3 Å². The molecule has 0 radical (unpaired) electrons. The summed E-state index contributed by atoms with van der Waals surface area (Å²) in [6, 6.07) is 12.0. The third-order valence-electron chi connectivity index (χ3n) is 2.70. The van der Waals surface area contributed by atoms with Gasteiger partial charge in [0.2, 0.25) is 0 Å². The molecule has 0 bridgehead atoms. The minimum atomic E-state index is -0.577. The topological polar surface area (TPSA) is 103 Å². The zero-order valence-electron chi connectivity index (χ0n) is 11.0. The lowest BCUT2D eigenvalue weighted by Gasteiger charge is -2.14. The molecule has 1 atom stereocenters. The molecule has 1 aromatic heterocycles. The summed E-state index contributed by atoms with van der Waals surface area (Å²) >= 11 is 0. The van der Waals surface area contributed by atoms with Crippen LogP contribution in [-0.4, -0.2) is 34.4 Å². The zero-order valence-corrected chi connectivity index (χ0v) is 11.0. The number of rotatable bonds is 6. The predicted octanol–water partition coefficient (Wildman–Crippen LogP) is 1.25. The number of nitrogens with one attached hydrogen (secondary N) is 2. The predicted molar refractivity (Wildman–Crippen MR) is 79.7 cm³/mol. The van der Waals surface area contributed by atoms with Gasteiger partial charge in [-0.2, -0.15) is 0 Å². The molecule has 1 unspecified atom stereocenters. The van der Waals surface area contributed by atoms with Crippen molar-refractivity contribution in [1.29, 1.82) is 0 Å². The molecular formula is C14H18N4O2. The van der Waals surface area contributed by atoms with Crippen LogP contribution in [0.1, 0.15) is 0 Å². The lowest BCUT2D eigenvalue weighted by Crippen LogP contribution is -2.27. The van der Waals surface area contributed by atoms with E-state index in [-0.39, 0.29) is 5.75 Å². The number of benzene rings is 1. The SMILES string of the molecule is Nc1cccc(NCC(O)CNc2ccc(O)cc2)n1. The Morgan fingerprint density at radius 1 is 1.05 bits per heavy atom. The van der Waals surface area contributed by atoms with E-state index < -0.39 is 6.10 Å². The van der Waals surface area contributed by atoms with Gasteiger partial charge in [-0.1, -0.05) is 6.07 Å². The van der Waals surface area contributed by atoms with E-state index in [2.05, 4.69) is 15.6 Å². The molecule has 106 valence electrons. The van der Waals surface area contributed by atoms with Gasteiger partial charge in [-0.25, -0.2) is 4.98 Å². The molecule has 0 amide bonds. The molecule has 20 heavy (non-hydrogen) atoms. The third-order valence-corrected chi connectivity index (χ3v) is 2.70. The van der Waals surface area contributed by atoms with Crippen LogP contribution in [0.5, 0.6) is 5.75 Å². The quantitative estimate of drug-likeness (QED) is 0.508. The molecule has 0 saturated carbocycles. The van der Waals surface area contributed by atoms with Crippen LogP contribution in [-0.2, 0) is 0 Å². The average Bonchev–Trinajstić information content (AvgIpc) is 2.45. The molecule has 2 aromatic rings.